The highest BCUT2D eigenvalue weighted by Crippen LogP contribution is 2.19. The third-order valence-corrected chi connectivity index (χ3v) is 3.67. The highest BCUT2D eigenvalue weighted by Gasteiger charge is 2.25. The summed E-state index contributed by atoms with van der Waals surface area (Å²) in [7, 11) is 1.89. The minimum Gasteiger partial charge on any atom is -0.338 e. The van der Waals surface area contributed by atoms with E-state index in [-0.39, 0.29) is 17.0 Å². The summed E-state index contributed by atoms with van der Waals surface area (Å²) >= 11 is 0. The number of carbonyl (C=O) groups is 1. The van der Waals surface area contributed by atoms with Gasteiger partial charge in [0.1, 0.15) is 11.6 Å². The number of piperidine rings is 1. The van der Waals surface area contributed by atoms with Crippen molar-refractivity contribution in [2.75, 3.05) is 20.1 Å². The standard InChI is InChI=1S/C14H18F2N2O/c1-9-7-11(13(16)8-12(9)15)14(19)18-5-3-10(17-2)4-6-18/h7-8,10,17H,3-6H2,1-2H3. The molecule has 1 amide bonds. The molecule has 1 fully saturated rings. The Kier molecular flexibility index (Phi) is 4.14. The lowest BCUT2D eigenvalue weighted by Gasteiger charge is -2.32. The van der Waals surface area contributed by atoms with E-state index in [4.69, 9.17) is 0 Å². The first kappa shape index (κ1) is 13.9. The van der Waals surface area contributed by atoms with Gasteiger partial charge in [-0.15, -0.1) is 0 Å². The molecule has 1 aliphatic rings. The van der Waals surface area contributed by atoms with Crippen LogP contribution in [0.1, 0.15) is 28.8 Å². The van der Waals surface area contributed by atoms with E-state index in [9.17, 15) is 13.6 Å². The van der Waals surface area contributed by atoms with E-state index >= 15 is 0 Å². The molecule has 0 spiro atoms. The molecule has 1 N–H and O–H groups in total. The second-order valence-electron chi connectivity index (χ2n) is 4.94. The first-order valence-corrected chi connectivity index (χ1v) is 6.45. The van der Waals surface area contributed by atoms with Crippen molar-refractivity contribution in [2.24, 2.45) is 0 Å². The highest BCUT2D eigenvalue weighted by atomic mass is 19.1. The Morgan fingerprint density at radius 2 is 1.89 bits per heavy atom. The zero-order valence-electron chi connectivity index (χ0n) is 11.2. The van der Waals surface area contributed by atoms with Gasteiger partial charge in [0.2, 0.25) is 0 Å². The van der Waals surface area contributed by atoms with Crippen LogP contribution >= 0.6 is 0 Å². The maximum absolute atomic E-state index is 13.7. The Morgan fingerprint density at radius 1 is 1.26 bits per heavy atom. The highest BCUT2D eigenvalue weighted by molar-refractivity contribution is 5.94. The van der Waals surface area contributed by atoms with Gasteiger partial charge < -0.3 is 10.2 Å². The van der Waals surface area contributed by atoms with E-state index in [2.05, 4.69) is 5.32 Å². The van der Waals surface area contributed by atoms with Crippen molar-refractivity contribution < 1.29 is 13.6 Å². The van der Waals surface area contributed by atoms with E-state index in [0.717, 1.165) is 18.9 Å². The Hall–Kier alpha value is -1.49. The fourth-order valence-corrected chi connectivity index (χ4v) is 2.36. The van der Waals surface area contributed by atoms with E-state index in [0.29, 0.717) is 19.1 Å². The van der Waals surface area contributed by atoms with Gasteiger partial charge in [0.05, 0.1) is 5.56 Å². The quantitative estimate of drug-likeness (QED) is 0.891. The number of carbonyl (C=O) groups excluding carboxylic acids is 1. The lowest BCUT2D eigenvalue weighted by atomic mass is 10.0. The minimum absolute atomic E-state index is 0.0400. The molecule has 19 heavy (non-hydrogen) atoms. The molecule has 1 aromatic carbocycles. The zero-order chi connectivity index (χ0) is 14.0. The van der Waals surface area contributed by atoms with Crippen LogP contribution in [0.15, 0.2) is 12.1 Å². The third-order valence-electron chi connectivity index (χ3n) is 3.67. The maximum atomic E-state index is 13.7. The number of amides is 1. The van der Waals surface area contributed by atoms with E-state index in [1.54, 1.807) is 4.90 Å². The predicted molar refractivity (Wildman–Crippen MR) is 69.1 cm³/mol. The number of rotatable bonds is 2. The first-order valence-electron chi connectivity index (χ1n) is 6.45. The van der Waals surface area contributed by atoms with Gasteiger partial charge in [-0.25, -0.2) is 8.78 Å². The second kappa shape index (κ2) is 5.65. The van der Waals surface area contributed by atoms with Crippen LogP contribution in [-0.2, 0) is 0 Å². The van der Waals surface area contributed by atoms with Crippen LogP contribution in [0, 0.1) is 18.6 Å². The van der Waals surface area contributed by atoms with Crippen LogP contribution in [0.3, 0.4) is 0 Å². The molecule has 0 atom stereocenters. The molecule has 0 unspecified atom stereocenters. The van der Waals surface area contributed by atoms with Crippen molar-refractivity contribution in [3.05, 3.63) is 34.9 Å². The molecular weight excluding hydrogens is 250 g/mol. The van der Waals surface area contributed by atoms with Crippen molar-refractivity contribution >= 4 is 5.91 Å². The molecule has 1 heterocycles. The van der Waals surface area contributed by atoms with Gasteiger partial charge in [-0.2, -0.15) is 0 Å². The van der Waals surface area contributed by atoms with Crippen LogP contribution in [0.5, 0.6) is 0 Å². The van der Waals surface area contributed by atoms with Crippen molar-refractivity contribution in [1.29, 1.82) is 0 Å². The molecule has 0 radical (unpaired) electrons. The van der Waals surface area contributed by atoms with Crippen molar-refractivity contribution in [3.8, 4) is 0 Å². The van der Waals surface area contributed by atoms with Crippen LogP contribution in [0.25, 0.3) is 0 Å². The topological polar surface area (TPSA) is 32.3 Å². The summed E-state index contributed by atoms with van der Waals surface area (Å²) in [6, 6.07) is 2.48. The summed E-state index contributed by atoms with van der Waals surface area (Å²) in [6.07, 6.45) is 1.70. The summed E-state index contributed by atoms with van der Waals surface area (Å²) < 4.78 is 26.9. The summed E-state index contributed by atoms with van der Waals surface area (Å²) in [6.45, 7) is 2.72. The number of benzene rings is 1. The molecule has 0 aliphatic carbocycles. The molecular formula is C14H18F2N2O. The van der Waals surface area contributed by atoms with Crippen LogP contribution in [-0.4, -0.2) is 37.0 Å². The van der Waals surface area contributed by atoms with Crippen LogP contribution < -0.4 is 5.32 Å². The van der Waals surface area contributed by atoms with Crippen LogP contribution in [0.2, 0.25) is 0 Å². The third kappa shape index (κ3) is 2.92. The van der Waals surface area contributed by atoms with Gasteiger partial charge in [0.25, 0.3) is 5.91 Å². The van der Waals surface area contributed by atoms with Crippen molar-refractivity contribution in [3.63, 3.8) is 0 Å². The van der Waals surface area contributed by atoms with Gasteiger partial charge in [-0.05, 0) is 38.4 Å². The fourth-order valence-electron chi connectivity index (χ4n) is 2.36. The Labute approximate surface area is 111 Å². The number of likely N-dealkylation sites (tertiary alicyclic amines) is 1. The van der Waals surface area contributed by atoms with Gasteiger partial charge in [-0.3, -0.25) is 4.79 Å². The van der Waals surface area contributed by atoms with E-state index in [1.807, 2.05) is 7.05 Å². The number of aryl methyl sites for hydroxylation is 1. The first-order chi connectivity index (χ1) is 9.02. The predicted octanol–water partition coefficient (Wildman–Crippen LogP) is 2.10. The van der Waals surface area contributed by atoms with E-state index in [1.165, 1.54) is 13.0 Å². The average molecular weight is 268 g/mol. The van der Waals surface area contributed by atoms with Crippen LogP contribution in [0.4, 0.5) is 8.78 Å². The molecule has 0 saturated carbocycles. The molecule has 1 aliphatic heterocycles. The molecule has 0 bridgehead atoms. The molecule has 104 valence electrons. The summed E-state index contributed by atoms with van der Waals surface area (Å²) in [5, 5.41) is 3.17. The molecule has 1 aromatic rings. The molecule has 1 saturated heterocycles. The summed E-state index contributed by atoms with van der Waals surface area (Å²) in [5.41, 5.74) is 0.247. The second-order valence-corrected chi connectivity index (χ2v) is 4.94. The fraction of sp³-hybridized carbons (Fsp3) is 0.500. The van der Waals surface area contributed by atoms with Crippen molar-refractivity contribution in [1.82, 2.24) is 10.2 Å². The SMILES string of the molecule is CNC1CCN(C(=O)c2cc(C)c(F)cc2F)CC1. The van der Waals surface area contributed by atoms with Gasteiger partial charge in [0.15, 0.2) is 0 Å². The maximum Gasteiger partial charge on any atom is 0.256 e. The molecule has 0 aromatic heterocycles. The smallest absolute Gasteiger partial charge is 0.256 e. The average Bonchev–Trinajstić information content (AvgIpc) is 2.42. The summed E-state index contributed by atoms with van der Waals surface area (Å²) in [5.74, 6) is -1.76. The largest absolute Gasteiger partial charge is 0.338 e. The van der Waals surface area contributed by atoms with Gasteiger partial charge in [0, 0.05) is 25.2 Å². The molecule has 3 nitrogen and oxygen atoms in total. The monoisotopic (exact) mass is 268 g/mol. The normalized spacial score (nSPS) is 16.7. The zero-order valence-corrected chi connectivity index (χ0v) is 11.2. The summed E-state index contributed by atoms with van der Waals surface area (Å²) in [4.78, 5) is 13.9. The number of nitrogens with one attached hydrogen (secondary N) is 1. The minimum atomic E-state index is -0.788. The lowest BCUT2D eigenvalue weighted by molar-refractivity contribution is 0.0702. The Morgan fingerprint density at radius 3 is 2.47 bits per heavy atom. The molecule has 2 rings (SSSR count). The number of hydrogen-bond donors (Lipinski definition) is 1. The van der Waals surface area contributed by atoms with E-state index < -0.39 is 11.6 Å². The van der Waals surface area contributed by atoms with Gasteiger partial charge >= 0.3 is 0 Å². The Bertz CT molecular complexity index is 483. The number of hydrogen-bond acceptors (Lipinski definition) is 2. The van der Waals surface area contributed by atoms with Crippen molar-refractivity contribution in [2.45, 2.75) is 25.8 Å². The lowest BCUT2D eigenvalue weighted by Crippen LogP contribution is -2.44. The number of nitrogens with zero attached hydrogens (tertiary/aromatic N) is 1. The molecule has 5 heteroatoms. The number of halogens is 2. The Balaban J connectivity index is 2.14. The van der Waals surface area contributed by atoms with Gasteiger partial charge in [-0.1, -0.05) is 0 Å².